The van der Waals surface area contributed by atoms with Gasteiger partial charge in [-0.05, 0) is 22.9 Å². The van der Waals surface area contributed by atoms with Crippen LogP contribution < -0.4 is 0 Å². The third-order valence-electron chi connectivity index (χ3n) is 4.71. The first-order valence-electron chi connectivity index (χ1n) is 9.71. The van der Waals surface area contributed by atoms with Crippen molar-refractivity contribution in [2.75, 3.05) is 19.0 Å². The Morgan fingerprint density at radius 3 is 2.39 bits per heavy atom. The van der Waals surface area contributed by atoms with Crippen molar-refractivity contribution in [3.8, 4) is 0 Å². The van der Waals surface area contributed by atoms with E-state index in [9.17, 15) is 9.59 Å². The maximum Gasteiger partial charge on any atom is 0.242 e. The molecular weight excluding hydrogens is 392 g/mol. The van der Waals surface area contributed by atoms with Gasteiger partial charge in [0.1, 0.15) is 0 Å². The summed E-state index contributed by atoms with van der Waals surface area (Å²) in [7, 11) is 0. The summed E-state index contributed by atoms with van der Waals surface area (Å²) in [5, 5.41) is 2.01. The van der Waals surface area contributed by atoms with Crippen LogP contribution in [0.15, 0.2) is 47.8 Å². The van der Waals surface area contributed by atoms with Crippen LogP contribution in [0.1, 0.15) is 37.1 Å². The molecule has 0 saturated carbocycles. The molecule has 0 saturated heterocycles. The van der Waals surface area contributed by atoms with Gasteiger partial charge < -0.3 is 9.80 Å². The summed E-state index contributed by atoms with van der Waals surface area (Å²) in [6, 6.07) is 14.0. The Kier molecular flexibility index (Phi) is 9.51. The second-order valence-electron chi connectivity index (χ2n) is 7.04. The zero-order chi connectivity index (χ0) is 20.4. The predicted molar refractivity (Wildman–Crippen MR) is 116 cm³/mol. The third kappa shape index (κ3) is 7.28. The SMILES string of the molecule is CCC(C)CN(CC(=O)N(Cc1ccccc1)Cc1cccs1)C(=O)CCCl. The monoisotopic (exact) mass is 420 g/mol. The molecule has 0 bridgehead atoms. The molecule has 0 aliphatic heterocycles. The van der Waals surface area contributed by atoms with E-state index >= 15 is 0 Å². The zero-order valence-electron chi connectivity index (χ0n) is 16.6. The Morgan fingerprint density at radius 1 is 1.04 bits per heavy atom. The molecule has 1 heterocycles. The van der Waals surface area contributed by atoms with Crippen molar-refractivity contribution in [3.05, 3.63) is 58.3 Å². The van der Waals surface area contributed by atoms with E-state index in [1.54, 1.807) is 16.2 Å². The molecule has 0 spiro atoms. The Balaban J connectivity index is 2.14. The Hall–Kier alpha value is -1.85. The topological polar surface area (TPSA) is 40.6 Å². The summed E-state index contributed by atoms with van der Waals surface area (Å²) in [6.45, 7) is 5.94. The number of nitrogens with zero attached hydrogens (tertiary/aromatic N) is 2. The van der Waals surface area contributed by atoms with Crippen molar-refractivity contribution in [1.82, 2.24) is 9.80 Å². The average Bonchev–Trinajstić information content (AvgIpc) is 3.21. The Bertz CT molecular complexity index is 721. The highest BCUT2D eigenvalue weighted by Crippen LogP contribution is 2.16. The lowest BCUT2D eigenvalue weighted by Crippen LogP contribution is -2.44. The van der Waals surface area contributed by atoms with Gasteiger partial charge in [0.25, 0.3) is 0 Å². The maximum absolute atomic E-state index is 13.2. The van der Waals surface area contributed by atoms with E-state index in [1.807, 2.05) is 52.7 Å². The standard InChI is InChI=1S/C22H29ClN2O2S/c1-3-18(2)14-24(21(26)11-12-23)17-22(27)25(16-20-10-7-13-28-20)15-19-8-5-4-6-9-19/h4-10,13,18H,3,11-12,14-17H2,1-2H3. The first-order chi connectivity index (χ1) is 13.5. The maximum atomic E-state index is 13.2. The molecule has 2 rings (SSSR count). The molecule has 2 amide bonds. The second-order valence-corrected chi connectivity index (χ2v) is 8.45. The highest BCUT2D eigenvalue weighted by Gasteiger charge is 2.23. The van der Waals surface area contributed by atoms with E-state index in [0.717, 1.165) is 16.9 Å². The molecular formula is C22H29ClN2O2S. The minimum Gasteiger partial charge on any atom is -0.333 e. The largest absolute Gasteiger partial charge is 0.333 e. The minimum absolute atomic E-state index is 0.0384. The number of carbonyl (C=O) groups is 2. The van der Waals surface area contributed by atoms with E-state index in [1.165, 1.54) is 0 Å². The van der Waals surface area contributed by atoms with Crippen LogP contribution >= 0.6 is 22.9 Å². The number of thiophene rings is 1. The summed E-state index contributed by atoms with van der Waals surface area (Å²) < 4.78 is 0. The lowest BCUT2D eigenvalue weighted by Gasteiger charge is -2.29. The van der Waals surface area contributed by atoms with Crippen LogP contribution in [0.25, 0.3) is 0 Å². The lowest BCUT2D eigenvalue weighted by atomic mass is 10.1. The average molecular weight is 421 g/mol. The molecule has 152 valence electrons. The molecule has 28 heavy (non-hydrogen) atoms. The molecule has 0 radical (unpaired) electrons. The van der Waals surface area contributed by atoms with Gasteiger partial charge in [-0.1, -0.05) is 56.7 Å². The molecule has 0 aliphatic rings. The Labute approximate surface area is 177 Å². The van der Waals surface area contributed by atoms with Gasteiger partial charge >= 0.3 is 0 Å². The van der Waals surface area contributed by atoms with E-state index in [2.05, 4.69) is 13.8 Å². The molecule has 2 aromatic rings. The molecule has 4 nitrogen and oxygen atoms in total. The van der Waals surface area contributed by atoms with Gasteiger partial charge in [0.15, 0.2) is 0 Å². The summed E-state index contributed by atoms with van der Waals surface area (Å²) in [6.07, 6.45) is 1.22. The van der Waals surface area contributed by atoms with Gasteiger partial charge in [-0.2, -0.15) is 0 Å². The van der Waals surface area contributed by atoms with E-state index in [4.69, 9.17) is 11.6 Å². The summed E-state index contributed by atoms with van der Waals surface area (Å²) >= 11 is 7.41. The number of halogens is 1. The van der Waals surface area contributed by atoms with E-state index < -0.39 is 0 Å². The Morgan fingerprint density at radius 2 is 1.79 bits per heavy atom. The van der Waals surface area contributed by atoms with Gasteiger partial charge in [0, 0.05) is 30.3 Å². The van der Waals surface area contributed by atoms with Gasteiger partial charge in [0.05, 0.1) is 13.1 Å². The van der Waals surface area contributed by atoms with Crippen molar-refractivity contribution < 1.29 is 9.59 Å². The van der Waals surface area contributed by atoms with E-state index in [0.29, 0.717) is 25.6 Å². The van der Waals surface area contributed by atoms with Gasteiger partial charge in [-0.3, -0.25) is 9.59 Å². The quantitative estimate of drug-likeness (QED) is 0.491. The van der Waals surface area contributed by atoms with E-state index in [-0.39, 0.29) is 30.7 Å². The van der Waals surface area contributed by atoms with Crippen molar-refractivity contribution in [2.45, 2.75) is 39.8 Å². The number of amides is 2. The number of hydrogen-bond acceptors (Lipinski definition) is 3. The van der Waals surface area contributed by atoms with Crippen molar-refractivity contribution in [2.24, 2.45) is 5.92 Å². The van der Waals surface area contributed by atoms with Crippen molar-refractivity contribution >= 4 is 34.8 Å². The minimum atomic E-state index is -0.0561. The fourth-order valence-corrected chi connectivity index (χ4v) is 3.77. The van der Waals surface area contributed by atoms with Crippen LogP contribution in [-0.2, 0) is 22.7 Å². The van der Waals surface area contributed by atoms with Crippen LogP contribution in [0.2, 0.25) is 0 Å². The highest BCUT2D eigenvalue weighted by atomic mass is 35.5. The predicted octanol–water partition coefficient (Wildman–Crippen LogP) is 4.78. The zero-order valence-corrected chi connectivity index (χ0v) is 18.2. The van der Waals surface area contributed by atoms with Crippen molar-refractivity contribution in [1.29, 1.82) is 0 Å². The highest BCUT2D eigenvalue weighted by molar-refractivity contribution is 7.09. The fraction of sp³-hybridized carbons (Fsp3) is 0.455. The molecule has 1 unspecified atom stereocenters. The molecule has 0 aliphatic carbocycles. The molecule has 0 N–H and O–H groups in total. The molecule has 6 heteroatoms. The van der Waals surface area contributed by atoms with Crippen LogP contribution in [0, 0.1) is 5.92 Å². The summed E-state index contributed by atoms with van der Waals surface area (Å²) in [5.41, 5.74) is 1.08. The molecule has 1 aromatic carbocycles. The van der Waals surface area contributed by atoms with Crippen LogP contribution in [0.3, 0.4) is 0 Å². The smallest absolute Gasteiger partial charge is 0.242 e. The first kappa shape index (κ1) is 22.4. The first-order valence-corrected chi connectivity index (χ1v) is 11.1. The molecule has 1 atom stereocenters. The van der Waals surface area contributed by atoms with Crippen molar-refractivity contribution in [3.63, 3.8) is 0 Å². The normalized spacial score (nSPS) is 11.8. The van der Waals surface area contributed by atoms with Crippen LogP contribution in [-0.4, -0.2) is 40.6 Å². The van der Waals surface area contributed by atoms with Crippen LogP contribution in [0.5, 0.6) is 0 Å². The van der Waals surface area contributed by atoms with Gasteiger partial charge in [-0.15, -0.1) is 22.9 Å². The van der Waals surface area contributed by atoms with Gasteiger partial charge in [0.2, 0.25) is 11.8 Å². The number of benzene rings is 1. The molecule has 0 fully saturated rings. The fourth-order valence-electron chi connectivity index (χ4n) is 2.89. The summed E-state index contributed by atoms with van der Waals surface area (Å²) in [5.74, 6) is 0.516. The third-order valence-corrected chi connectivity index (χ3v) is 5.76. The number of alkyl halides is 1. The number of rotatable bonds is 11. The van der Waals surface area contributed by atoms with Gasteiger partial charge in [-0.25, -0.2) is 0 Å². The van der Waals surface area contributed by atoms with Crippen LogP contribution in [0.4, 0.5) is 0 Å². The number of carbonyl (C=O) groups excluding carboxylic acids is 2. The number of hydrogen-bond donors (Lipinski definition) is 0. The molecule has 1 aromatic heterocycles. The second kappa shape index (κ2) is 11.9. The lowest BCUT2D eigenvalue weighted by molar-refractivity contribution is -0.141. The summed E-state index contributed by atoms with van der Waals surface area (Å²) in [4.78, 5) is 30.3.